The molecular formula is C23H26N4O4S2. The number of hydrogen-bond acceptors (Lipinski definition) is 7. The van der Waals surface area contributed by atoms with Crippen LogP contribution >= 0.6 is 11.3 Å². The number of nitrogens with one attached hydrogen (secondary N) is 1. The van der Waals surface area contributed by atoms with Crippen molar-refractivity contribution in [1.82, 2.24) is 14.7 Å². The van der Waals surface area contributed by atoms with Crippen LogP contribution in [0.5, 0.6) is 11.5 Å². The summed E-state index contributed by atoms with van der Waals surface area (Å²) in [4.78, 5) is 2.06. The van der Waals surface area contributed by atoms with Gasteiger partial charge in [0.2, 0.25) is 0 Å². The summed E-state index contributed by atoms with van der Waals surface area (Å²) in [5, 5.41) is 6.94. The number of sulfonamides is 1. The third-order valence-electron chi connectivity index (χ3n) is 4.99. The lowest BCUT2D eigenvalue weighted by Crippen LogP contribution is -2.19. The van der Waals surface area contributed by atoms with Gasteiger partial charge in [0, 0.05) is 6.54 Å². The molecule has 0 amide bonds. The topological polar surface area (TPSA) is 85.7 Å². The third-order valence-corrected chi connectivity index (χ3v) is 7.73. The lowest BCUT2D eigenvalue weighted by Gasteiger charge is -2.12. The zero-order valence-electron chi connectivity index (χ0n) is 18.7. The van der Waals surface area contributed by atoms with Gasteiger partial charge in [-0.3, -0.25) is 9.40 Å². The van der Waals surface area contributed by atoms with E-state index in [9.17, 15) is 8.42 Å². The van der Waals surface area contributed by atoms with Crippen molar-refractivity contribution >= 4 is 38.1 Å². The van der Waals surface area contributed by atoms with E-state index in [4.69, 9.17) is 9.47 Å². The number of nitrogens with zero attached hydrogens (tertiary/aromatic N) is 3. The van der Waals surface area contributed by atoms with E-state index in [0.29, 0.717) is 24.3 Å². The van der Waals surface area contributed by atoms with Crippen molar-refractivity contribution < 1.29 is 17.9 Å². The number of fused-ring (bicyclic) bond motifs is 1. The van der Waals surface area contributed by atoms with Gasteiger partial charge in [-0.15, -0.1) is 11.3 Å². The summed E-state index contributed by atoms with van der Waals surface area (Å²) in [5.74, 6) is 1.56. The van der Waals surface area contributed by atoms with E-state index in [0.717, 1.165) is 34.7 Å². The zero-order valence-corrected chi connectivity index (χ0v) is 20.3. The van der Waals surface area contributed by atoms with Gasteiger partial charge >= 0.3 is 0 Å². The molecule has 0 saturated heterocycles. The van der Waals surface area contributed by atoms with Crippen molar-refractivity contribution in [2.45, 2.75) is 10.8 Å². The molecule has 4 rings (SSSR count). The highest BCUT2D eigenvalue weighted by molar-refractivity contribution is 7.94. The van der Waals surface area contributed by atoms with Crippen molar-refractivity contribution in [3.63, 3.8) is 0 Å². The molecule has 0 unspecified atom stereocenters. The molecule has 0 saturated carbocycles. The minimum atomic E-state index is -3.76. The Kier molecular flexibility index (Phi) is 6.87. The SMILES string of the molecule is COc1cccc2c1c(NS(=O)(=O)c1cccs1)nn2Cc1cccc(OCCN(C)C)c1. The summed E-state index contributed by atoms with van der Waals surface area (Å²) in [7, 11) is 1.80. The van der Waals surface area contributed by atoms with Crippen LogP contribution in [-0.2, 0) is 16.6 Å². The van der Waals surface area contributed by atoms with Crippen LogP contribution in [0.25, 0.3) is 10.9 Å². The fourth-order valence-corrected chi connectivity index (χ4v) is 5.41. The number of anilines is 1. The van der Waals surface area contributed by atoms with Gasteiger partial charge in [0.25, 0.3) is 10.0 Å². The minimum Gasteiger partial charge on any atom is -0.496 e. The van der Waals surface area contributed by atoms with Crippen molar-refractivity contribution in [2.24, 2.45) is 0 Å². The number of thiophene rings is 1. The Morgan fingerprint density at radius 1 is 1.12 bits per heavy atom. The van der Waals surface area contributed by atoms with Crippen molar-refractivity contribution in [3.05, 3.63) is 65.5 Å². The average Bonchev–Trinajstić information content (AvgIpc) is 3.43. The van der Waals surface area contributed by atoms with Crippen LogP contribution in [0.15, 0.2) is 64.2 Å². The number of rotatable bonds is 10. The molecule has 2 aromatic carbocycles. The van der Waals surface area contributed by atoms with Crippen LogP contribution in [0, 0.1) is 0 Å². The van der Waals surface area contributed by atoms with Gasteiger partial charge in [0.05, 0.1) is 24.6 Å². The lowest BCUT2D eigenvalue weighted by atomic mass is 10.2. The highest BCUT2D eigenvalue weighted by Gasteiger charge is 2.22. The Balaban J connectivity index is 1.67. The predicted octanol–water partition coefficient (Wildman–Crippen LogP) is 3.90. The molecule has 1 N–H and O–H groups in total. The fourth-order valence-electron chi connectivity index (χ4n) is 3.41. The molecule has 2 aromatic heterocycles. The van der Waals surface area contributed by atoms with Crippen LogP contribution in [0.2, 0.25) is 0 Å². The van der Waals surface area contributed by atoms with Crippen molar-refractivity contribution in [3.8, 4) is 11.5 Å². The van der Waals surface area contributed by atoms with Crippen LogP contribution in [0.3, 0.4) is 0 Å². The summed E-state index contributed by atoms with van der Waals surface area (Å²) in [5.41, 5.74) is 1.74. The molecule has 33 heavy (non-hydrogen) atoms. The molecule has 10 heteroatoms. The van der Waals surface area contributed by atoms with E-state index in [1.54, 1.807) is 35.4 Å². The first-order valence-corrected chi connectivity index (χ1v) is 12.7. The number of hydrogen-bond donors (Lipinski definition) is 1. The standard InChI is InChI=1S/C23H26N4O4S2/c1-26(2)12-13-31-18-8-4-7-17(15-18)16-27-19-9-5-10-20(30-3)22(19)23(24-27)25-33(28,29)21-11-6-14-32-21/h4-11,14-15H,12-13,16H2,1-3H3,(H,24,25). The van der Waals surface area contributed by atoms with E-state index in [1.165, 1.54) is 0 Å². The molecule has 4 aromatic rings. The molecule has 174 valence electrons. The first-order valence-electron chi connectivity index (χ1n) is 10.3. The van der Waals surface area contributed by atoms with Crippen LogP contribution in [0.4, 0.5) is 5.82 Å². The minimum absolute atomic E-state index is 0.225. The van der Waals surface area contributed by atoms with Gasteiger partial charge in [0.15, 0.2) is 5.82 Å². The Bertz CT molecular complexity index is 1330. The second kappa shape index (κ2) is 9.82. The lowest BCUT2D eigenvalue weighted by molar-refractivity contribution is 0.261. The van der Waals surface area contributed by atoms with E-state index in [2.05, 4.69) is 14.7 Å². The quantitative estimate of drug-likeness (QED) is 0.366. The molecular weight excluding hydrogens is 460 g/mol. The second-order valence-corrected chi connectivity index (χ2v) is 10.6. The maximum absolute atomic E-state index is 12.9. The largest absolute Gasteiger partial charge is 0.496 e. The molecule has 2 heterocycles. The van der Waals surface area contributed by atoms with Crippen LogP contribution in [-0.4, -0.2) is 57.5 Å². The fraction of sp³-hybridized carbons (Fsp3) is 0.261. The molecule has 0 radical (unpaired) electrons. The number of methoxy groups -OCH3 is 1. The average molecular weight is 487 g/mol. The van der Waals surface area contributed by atoms with Gasteiger partial charge in [0.1, 0.15) is 22.3 Å². The van der Waals surface area contributed by atoms with E-state index in [-0.39, 0.29) is 10.0 Å². The Labute approximate surface area is 197 Å². The van der Waals surface area contributed by atoms with Crippen molar-refractivity contribution in [1.29, 1.82) is 0 Å². The predicted molar refractivity (Wildman–Crippen MR) is 131 cm³/mol. The highest BCUT2D eigenvalue weighted by atomic mass is 32.2. The maximum atomic E-state index is 12.9. The first kappa shape index (κ1) is 23.1. The van der Waals surface area contributed by atoms with Gasteiger partial charge in [-0.25, -0.2) is 8.42 Å². The summed E-state index contributed by atoms with van der Waals surface area (Å²) in [6.07, 6.45) is 0. The molecule has 8 nitrogen and oxygen atoms in total. The highest BCUT2D eigenvalue weighted by Crippen LogP contribution is 2.34. The number of benzene rings is 2. The van der Waals surface area contributed by atoms with E-state index < -0.39 is 10.0 Å². The smallest absolute Gasteiger partial charge is 0.272 e. The van der Waals surface area contributed by atoms with Gasteiger partial charge < -0.3 is 14.4 Å². The Hall–Kier alpha value is -3.08. The number of ether oxygens (including phenoxy) is 2. The van der Waals surface area contributed by atoms with E-state index >= 15 is 0 Å². The van der Waals surface area contributed by atoms with Gasteiger partial charge in [-0.05, 0) is 55.4 Å². The molecule has 0 aliphatic carbocycles. The molecule has 0 fully saturated rings. The maximum Gasteiger partial charge on any atom is 0.272 e. The zero-order chi connectivity index (χ0) is 23.4. The van der Waals surface area contributed by atoms with Gasteiger partial charge in [-0.2, -0.15) is 5.10 Å². The summed E-state index contributed by atoms with van der Waals surface area (Å²) in [6, 6.07) is 16.6. The monoisotopic (exact) mass is 486 g/mol. The normalized spacial score (nSPS) is 11.8. The third kappa shape index (κ3) is 5.29. The Morgan fingerprint density at radius 3 is 2.67 bits per heavy atom. The first-order chi connectivity index (χ1) is 15.9. The molecule has 0 aliphatic rings. The summed E-state index contributed by atoms with van der Waals surface area (Å²) in [6.45, 7) is 1.85. The molecule has 0 spiro atoms. The molecule has 0 bridgehead atoms. The summed E-state index contributed by atoms with van der Waals surface area (Å²) >= 11 is 1.15. The number of aromatic nitrogens is 2. The second-order valence-electron chi connectivity index (χ2n) is 7.70. The van der Waals surface area contributed by atoms with Gasteiger partial charge in [-0.1, -0.05) is 24.3 Å². The number of likely N-dealkylation sites (N-methyl/N-ethyl adjacent to an activating group) is 1. The van der Waals surface area contributed by atoms with Crippen LogP contribution < -0.4 is 14.2 Å². The molecule has 0 atom stereocenters. The molecule has 0 aliphatic heterocycles. The summed E-state index contributed by atoms with van der Waals surface area (Å²) < 4.78 is 41.7. The van der Waals surface area contributed by atoms with Crippen LogP contribution in [0.1, 0.15) is 5.56 Å². The Morgan fingerprint density at radius 2 is 1.94 bits per heavy atom. The van der Waals surface area contributed by atoms with Crippen molar-refractivity contribution in [2.75, 3.05) is 39.1 Å². The van der Waals surface area contributed by atoms with E-state index in [1.807, 2.05) is 50.5 Å².